The Balaban J connectivity index is 1.46. The average Bonchev–Trinajstić information content (AvgIpc) is 2.92. The van der Waals surface area contributed by atoms with Gasteiger partial charge in [-0.2, -0.15) is 5.10 Å². The van der Waals surface area contributed by atoms with Gasteiger partial charge in [0.1, 0.15) is 0 Å². The number of amides is 1. The van der Waals surface area contributed by atoms with E-state index in [9.17, 15) is 4.79 Å². The Kier molecular flexibility index (Phi) is 5.51. The van der Waals surface area contributed by atoms with Crippen molar-refractivity contribution in [1.29, 1.82) is 0 Å². The highest BCUT2D eigenvalue weighted by Gasteiger charge is 2.23. The van der Waals surface area contributed by atoms with Crippen molar-refractivity contribution < 1.29 is 4.79 Å². The van der Waals surface area contributed by atoms with Gasteiger partial charge >= 0.3 is 0 Å². The van der Waals surface area contributed by atoms with Crippen LogP contribution in [-0.2, 0) is 17.6 Å². The highest BCUT2D eigenvalue weighted by atomic mass is 16.2. The number of aryl methyl sites for hydroxylation is 3. The van der Waals surface area contributed by atoms with Gasteiger partial charge in [-0.05, 0) is 75.6 Å². The largest absolute Gasteiger partial charge is 0.343 e. The number of carbonyl (C=O) groups excluding carboxylic acids is 1. The molecule has 5 heteroatoms. The molecular formula is C20H28N4O. The number of nitrogens with one attached hydrogen (secondary N) is 1. The molecule has 134 valence electrons. The van der Waals surface area contributed by atoms with Crippen molar-refractivity contribution in [3.05, 3.63) is 46.5 Å². The average molecular weight is 340 g/mol. The Labute approximate surface area is 149 Å². The van der Waals surface area contributed by atoms with Gasteiger partial charge in [0.15, 0.2) is 0 Å². The van der Waals surface area contributed by atoms with Crippen LogP contribution in [0.3, 0.4) is 0 Å². The Hall–Kier alpha value is -2.17. The number of hydrogen-bond donors (Lipinski definition) is 1. The number of hydrogen-bond acceptors (Lipinski definition) is 3. The summed E-state index contributed by atoms with van der Waals surface area (Å²) in [6.45, 7) is 7.82. The van der Waals surface area contributed by atoms with E-state index in [1.54, 1.807) is 0 Å². The fraction of sp³-hybridized carbons (Fsp3) is 0.550. The smallest absolute Gasteiger partial charge is 0.222 e. The lowest BCUT2D eigenvalue weighted by molar-refractivity contribution is -0.132. The fourth-order valence-corrected chi connectivity index (χ4v) is 3.78. The van der Waals surface area contributed by atoms with Gasteiger partial charge in [-0.25, -0.2) is 0 Å². The van der Waals surface area contributed by atoms with Gasteiger partial charge in [0.05, 0.1) is 5.69 Å². The minimum atomic E-state index is 0.276. The molecule has 0 spiro atoms. The molecule has 25 heavy (non-hydrogen) atoms. The van der Waals surface area contributed by atoms with Crippen LogP contribution in [0.4, 0.5) is 0 Å². The first kappa shape index (κ1) is 17.6. The first-order valence-electron chi connectivity index (χ1n) is 9.22. The summed E-state index contributed by atoms with van der Waals surface area (Å²) in [7, 11) is 0. The maximum atomic E-state index is 12.5. The van der Waals surface area contributed by atoms with E-state index in [-0.39, 0.29) is 5.91 Å². The third kappa shape index (κ3) is 4.47. The number of likely N-dealkylation sites (tertiary alicyclic amines) is 1. The van der Waals surface area contributed by atoms with Crippen molar-refractivity contribution in [2.75, 3.05) is 13.1 Å². The summed E-state index contributed by atoms with van der Waals surface area (Å²) in [5.41, 5.74) is 5.72. The first-order chi connectivity index (χ1) is 12.0. The van der Waals surface area contributed by atoms with Crippen molar-refractivity contribution >= 4 is 5.91 Å². The number of H-pyrrole nitrogens is 1. The van der Waals surface area contributed by atoms with Crippen LogP contribution >= 0.6 is 0 Å². The van der Waals surface area contributed by atoms with E-state index in [1.807, 2.05) is 31.9 Å². The van der Waals surface area contributed by atoms with Crippen molar-refractivity contribution in [2.45, 2.75) is 52.9 Å². The normalized spacial score (nSPS) is 15.6. The van der Waals surface area contributed by atoms with E-state index in [4.69, 9.17) is 0 Å². The molecule has 2 aromatic heterocycles. The zero-order valence-corrected chi connectivity index (χ0v) is 15.5. The predicted octanol–water partition coefficient (Wildman–Crippen LogP) is 3.14. The molecular weight excluding hydrogens is 312 g/mol. The monoisotopic (exact) mass is 340 g/mol. The Morgan fingerprint density at radius 2 is 2.04 bits per heavy atom. The molecule has 1 amide bonds. The van der Waals surface area contributed by atoms with E-state index in [0.29, 0.717) is 12.3 Å². The third-order valence-corrected chi connectivity index (χ3v) is 5.32. The first-order valence-corrected chi connectivity index (χ1v) is 9.22. The molecule has 1 aliphatic rings. The highest BCUT2D eigenvalue weighted by molar-refractivity contribution is 5.76. The van der Waals surface area contributed by atoms with Crippen LogP contribution in [0.25, 0.3) is 0 Å². The van der Waals surface area contributed by atoms with Crippen LogP contribution in [-0.4, -0.2) is 39.1 Å². The lowest BCUT2D eigenvalue weighted by Gasteiger charge is -2.32. The van der Waals surface area contributed by atoms with Crippen LogP contribution in [0.5, 0.6) is 0 Å². The molecule has 3 heterocycles. The molecule has 1 aliphatic heterocycles. The number of aromatic nitrogens is 3. The molecule has 1 saturated heterocycles. The number of aromatic amines is 1. The minimum absolute atomic E-state index is 0.276. The summed E-state index contributed by atoms with van der Waals surface area (Å²) >= 11 is 0. The standard InChI is InChI=1S/C20H28N4O/c1-14-12-18(6-9-21-14)13-17-7-10-24(11-8-17)20(25)5-4-19-15(2)22-23-16(19)3/h6,9,12,17H,4-5,7-8,10-11,13H2,1-3H3,(H,22,23). The van der Waals surface area contributed by atoms with Crippen molar-refractivity contribution in [1.82, 2.24) is 20.1 Å². The fourth-order valence-electron chi connectivity index (χ4n) is 3.78. The SMILES string of the molecule is Cc1cc(CC2CCN(C(=O)CCc3c(C)n[nH]c3C)CC2)ccn1. The van der Waals surface area contributed by atoms with E-state index < -0.39 is 0 Å². The zero-order valence-electron chi connectivity index (χ0n) is 15.5. The molecule has 3 rings (SSSR count). The van der Waals surface area contributed by atoms with Crippen LogP contribution < -0.4 is 0 Å². The second-order valence-electron chi connectivity index (χ2n) is 7.25. The van der Waals surface area contributed by atoms with Gasteiger partial charge in [0, 0.05) is 37.1 Å². The van der Waals surface area contributed by atoms with Crippen LogP contribution in [0.1, 0.15) is 47.5 Å². The summed E-state index contributed by atoms with van der Waals surface area (Å²) in [5.74, 6) is 0.947. The molecule has 0 aromatic carbocycles. The van der Waals surface area contributed by atoms with Gasteiger partial charge in [-0.3, -0.25) is 14.9 Å². The van der Waals surface area contributed by atoms with E-state index in [0.717, 1.165) is 55.9 Å². The summed E-state index contributed by atoms with van der Waals surface area (Å²) in [4.78, 5) is 18.8. The van der Waals surface area contributed by atoms with E-state index >= 15 is 0 Å². The van der Waals surface area contributed by atoms with Gasteiger partial charge in [0.25, 0.3) is 0 Å². The number of pyridine rings is 1. The van der Waals surface area contributed by atoms with Crippen molar-refractivity contribution in [3.8, 4) is 0 Å². The zero-order chi connectivity index (χ0) is 17.8. The number of piperidine rings is 1. The van der Waals surface area contributed by atoms with Crippen LogP contribution in [0.15, 0.2) is 18.3 Å². The van der Waals surface area contributed by atoms with Gasteiger partial charge < -0.3 is 4.90 Å². The summed E-state index contributed by atoms with van der Waals surface area (Å²) in [6, 6.07) is 4.28. The van der Waals surface area contributed by atoms with Crippen molar-refractivity contribution in [3.63, 3.8) is 0 Å². The Bertz CT molecular complexity index is 710. The van der Waals surface area contributed by atoms with Gasteiger partial charge in [-0.1, -0.05) is 0 Å². The Morgan fingerprint density at radius 3 is 2.68 bits per heavy atom. The van der Waals surface area contributed by atoms with Gasteiger partial charge in [-0.15, -0.1) is 0 Å². The lowest BCUT2D eigenvalue weighted by Crippen LogP contribution is -2.39. The molecule has 0 bridgehead atoms. The second kappa shape index (κ2) is 7.81. The topological polar surface area (TPSA) is 61.9 Å². The molecule has 0 radical (unpaired) electrons. The summed E-state index contributed by atoms with van der Waals surface area (Å²) in [6.07, 6.45) is 6.54. The molecule has 5 nitrogen and oxygen atoms in total. The minimum Gasteiger partial charge on any atom is -0.343 e. The summed E-state index contributed by atoms with van der Waals surface area (Å²) in [5, 5.41) is 7.20. The molecule has 0 aliphatic carbocycles. The molecule has 0 saturated carbocycles. The van der Waals surface area contributed by atoms with Crippen LogP contribution in [0, 0.1) is 26.7 Å². The summed E-state index contributed by atoms with van der Waals surface area (Å²) < 4.78 is 0. The predicted molar refractivity (Wildman–Crippen MR) is 98.4 cm³/mol. The van der Waals surface area contributed by atoms with Crippen molar-refractivity contribution in [2.24, 2.45) is 5.92 Å². The maximum absolute atomic E-state index is 12.5. The van der Waals surface area contributed by atoms with E-state index in [1.165, 1.54) is 11.1 Å². The highest BCUT2D eigenvalue weighted by Crippen LogP contribution is 2.23. The lowest BCUT2D eigenvalue weighted by atomic mass is 9.90. The molecule has 2 aromatic rings. The number of carbonyl (C=O) groups is 1. The number of rotatable bonds is 5. The third-order valence-electron chi connectivity index (χ3n) is 5.32. The van der Waals surface area contributed by atoms with Gasteiger partial charge in [0.2, 0.25) is 5.91 Å². The van der Waals surface area contributed by atoms with Crippen LogP contribution in [0.2, 0.25) is 0 Å². The quantitative estimate of drug-likeness (QED) is 0.909. The number of nitrogens with zero attached hydrogens (tertiary/aromatic N) is 3. The molecule has 0 unspecified atom stereocenters. The molecule has 0 atom stereocenters. The Morgan fingerprint density at radius 1 is 1.28 bits per heavy atom. The maximum Gasteiger partial charge on any atom is 0.222 e. The van der Waals surface area contributed by atoms with E-state index in [2.05, 4.69) is 27.3 Å². The molecule has 1 N–H and O–H groups in total. The molecule has 1 fully saturated rings. The second-order valence-corrected chi connectivity index (χ2v) is 7.25.